The summed E-state index contributed by atoms with van der Waals surface area (Å²) in [6, 6.07) is -0.647. The Labute approximate surface area is 139 Å². The average Bonchev–Trinajstić information content (AvgIpc) is 2.49. The van der Waals surface area contributed by atoms with Crippen LogP contribution in [-0.2, 0) is 9.53 Å². The molecule has 0 heterocycles. The van der Waals surface area contributed by atoms with Gasteiger partial charge in [0.25, 0.3) is 0 Å². The van der Waals surface area contributed by atoms with E-state index in [1.165, 1.54) is 7.05 Å². The Kier molecular flexibility index (Phi) is 12.7. The molecule has 0 aliphatic rings. The molecular weight excluding hydrogens is 298 g/mol. The fraction of sp³-hybridized carbons (Fsp3) is 0.800. The molecule has 0 radical (unpaired) electrons. The van der Waals surface area contributed by atoms with E-state index in [2.05, 4.69) is 20.9 Å². The number of carbonyl (C=O) groups is 2. The van der Waals surface area contributed by atoms with E-state index < -0.39 is 17.7 Å². The van der Waals surface area contributed by atoms with E-state index in [9.17, 15) is 9.59 Å². The van der Waals surface area contributed by atoms with Crippen LogP contribution in [0.2, 0.25) is 0 Å². The van der Waals surface area contributed by atoms with Crippen LogP contribution >= 0.6 is 0 Å². The first kappa shape index (κ1) is 23.3. The Balaban J connectivity index is 0. The van der Waals surface area contributed by atoms with Gasteiger partial charge in [-0.2, -0.15) is 0 Å². The Morgan fingerprint density at radius 2 is 1.83 bits per heavy atom. The lowest BCUT2D eigenvalue weighted by atomic mass is 10.1. The Hall–Kier alpha value is -1.99. The predicted molar refractivity (Wildman–Crippen MR) is 93.4 cm³/mol. The highest BCUT2D eigenvalue weighted by molar-refractivity contribution is 5.85. The summed E-state index contributed by atoms with van der Waals surface area (Å²) in [4.78, 5) is 27.2. The second kappa shape index (κ2) is 12.5. The maximum Gasteiger partial charge on any atom is 0.408 e. The van der Waals surface area contributed by atoms with Crippen molar-refractivity contribution in [3.05, 3.63) is 0 Å². The zero-order valence-electron chi connectivity index (χ0n) is 15.4. The summed E-state index contributed by atoms with van der Waals surface area (Å²) in [6.07, 6.45) is 0.492. The van der Waals surface area contributed by atoms with Crippen molar-refractivity contribution >= 4 is 18.0 Å². The summed E-state index contributed by atoms with van der Waals surface area (Å²) in [5.74, 6) is 0.0737. The third-order valence-electron chi connectivity index (χ3n) is 2.47. The van der Waals surface area contributed by atoms with E-state index >= 15 is 0 Å². The molecule has 0 fully saturated rings. The number of carbonyl (C=O) groups excluding carboxylic acids is 2. The fourth-order valence-electron chi connectivity index (χ4n) is 1.49. The number of aliphatic imine (C=N–C) groups is 1. The SMILES string of the molecule is CC.CN=C(N)NCCCC(NC(=O)OC(C)(C)C)C(=O)NC. The van der Waals surface area contributed by atoms with Gasteiger partial charge in [-0.15, -0.1) is 0 Å². The van der Waals surface area contributed by atoms with Gasteiger partial charge in [0.05, 0.1) is 0 Å². The molecule has 8 nitrogen and oxygen atoms in total. The van der Waals surface area contributed by atoms with Gasteiger partial charge in [0.2, 0.25) is 5.91 Å². The van der Waals surface area contributed by atoms with E-state index in [-0.39, 0.29) is 5.91 Å². The molecule has 0 saturated carbocycles. The van der Waals surface area contributed by atoms with Crippen LogP contribution in [0, 0.1) is 0 Å². The maximum absolute atomic E-state index is 11.7. The molecular formula is C15H33N5O3. The normalized spacial score (nSPS) is 12.4. The first-order chi connectivity index (χ1) is 10.7. The largest absolute Gasteiger partial charge is 0.444 e. The summed E-state index contributed by atoms with van der Waals surface area (Å²) >= 11 is 0. The number of hydrogen-bond donors (Lipinski definition) is 4. The Morgan fingerprint density at radius 3 is 2.26 bits per heavy atom. The van der Waals surface area contributed by atoms with Crippen LogP contribution < -0.4 is 21.7 Å². The van der Waals surface area contributed by atoms with Crippen molar-refractivity contribution in [3.8, 4) is 0 Å². The monoisotopic (exact) mass is 331 g/mol. The van der Waals surface area contributed by atoms with Gasteiger partial charge in [-0.25, -0.2) is 4.79 Å². The summed E-state index contributed by atoms with van der Waals surface area (Å²) in [5.41, 5.74) is 4.89. The highest BCUT2D eigenvalue weighted by Crippen LogP contribution is 2.07. The zero-order valence-corrected chi connectivity index (χ0v) is 15.4. The van der Waals surface area contributed by atoms with Crippen molar-refractivity contribution in [1.82, 2.24) is 16.0 Å². The number of hydrogen-bond acceptors (Lipinski definition) is 4. The van der Waals surface area contributed by atoms with Gasteiger partial charge in [-0.05, 0) is 33.6 Å². The molecule has 1 atom stereocenters. The number of amides is 2. The molecule has 23 heavy (non-hydrogen) atoms. The highest BCUT2D eigenvalue weighted by Gasteiger charge is 2.23. The quantitative estimate of drug-likeness (QED) is 0.328. The third kappa shape index (κ3) is 13.4. The number of rotatable bonds is 6. The molecule has 8 heteroatoms. The first-order valence-corrected chi connectivity index (χ1v) is 7.87. The van der Waals surface area contributed by atoms with Crippen molar-refractivity contribution in [1.29, 1.82) is 0 Å². The summed E-state index contributed by atoms with van der Waals surface area (Å²) in [6.45, 7) is 9.85. The number of nitrogens with two attached hydrogens (primary N) is 1. The lowest BCUT2D eigenvalue weighted by Crippen LogP contribution is -2.47. The molecule has 0 bridgehead atoms. The highest BCUT2D eigenvalue weighted by atomic mass is 16.6. The van der Waals surface area contributed by atoms with Crippen LogP contribution in [0.25, 0.3) is 0 Å². The molecule has 5 N–H and O–H groups in total. The number of nitrogens with one attached hydrogen (secondary N) is 3. The standard InChI is InChI=1S/C13H27N5O3.C2H6/c1-13(2,3)21-12(20)18-9(10(19)15-4)7-6-8-17-11(14)16-5;1-2/h9H,6-8H2,1-5H3,(H,15,19)(H,18,20)(H3,14,16,17);1-2H3. The minimum atomic E-state index is -0.647. The van der Waals surface area contributed by atoms with Crippen molar-refractivity contribution in [2.75, 3.05) is 20.6 Å². The van der Waals surface area contributed by atoms with E-state index in [0.717, 1.165) is 0 Å². The molecule has 1 unspecified atom stereocenters. The molecule has 0 aromatic rings. The number of alkyl carbamates (subject to hydrolysis) is 1. The van der Waals surface area contributed by atoms with Gasteiger partial charge in [-0.1, -0.05) is 13.8 Å². The lowest BCUT2D eigenvalue weighted by molar-refractivity contribution is -0.122. The second-order valence-electron chi connectivity index (χ2n) is 5.49. The van der Waals surface area contributed by atoms with Gasteiger partial charge in [0.15, 0.2) is 5.96 Å². The van der Waals surface area contributed by atoms with E-state index in [0.29, 0.717) is 25.3 Å². The molecule has 2 amide bonds. The van der Waals surface area contributed by atoms with Crippen molar-refractivity contribution in [3.63, 3.8) is 0 Å². The van der Waals surface area contributed by atoms with Crippen LogP contribution in [-0.4, -0.2) is 50.2 Å². The molecule has 0 aromatic heterocycles. The van der Waals surface area contributed by atoms with Crippen molar-refractivity contribution in [2.24, 2.45) is 10.7 Å². The zero-order chi connectivity index (χ0) is 18.5. The maximum atomic E-state index is 11.7. The van der Waals surface area contributed by atoms with Gasteiger partial charge in [0, 0.05) is 20.6 Å². The first-order valence-electron chi connectivity index (χ1n) is 7.87. The second-order valence-corrected chi connectivity index (χ2v) is 5.49. The Bertz CT molecular complexity index is 378. The number of ether oxygens (including phenoxy) is 1. The number of nitrogens with zero attached hydrogens (tertiary/aromatic N) is 1. The van der Waals surface area contributed by atoms with E-state index in [1.807, 2.05) is 13.8 Å². The minimum absolute atomic E-state index is 0.266. The number of guanidine groups is 1. The summed E-state index contributed by atoms with van der Waals surface area (Å²) in [5, 5.41) is 7.97. The van der Waals surface area contributed by atoms with Gasteiger partial charge < -0.3 is 26.4 Å². The van der Waals surface area contributed by atoms with Crippen LogP contribution in [0.1, 0.15) is 47.5 Å². The molecule has 0 rings (SSSR count). The van der Waals surface area contributed by atoms with Crippen molar-refractivity contribution in [2.45, 2.75) is 59.1 Å². The van der Waals surface area contributed by atoms with E-state index in [1.54, 1.807) is 27.8 Å². The van der Waals surface area contributed by atoms with E-state index in [4.69, 9.17) is 10.5 Å². The fourth-order valence-corrected chi connectivity index (χ4v) is 1.49. The van der Waals surface area contributed by atoms with Crippen LogP contribution in [0.4, 0.5) is 4.79 Å². The summed E-state index contributed by atoms with van der Waals surface area (Å²) in [7, 11) is 3.10. The van der Waals surface area contributed by atoms with Gasteiger partial charge in [0.1, 0.15) is 11.6 Å². The van der Waals surface area contributed by atoms with Gasteiger partial charge >= 0.3 is 6.09 Å². The Morgan fingerprint density at radius 1 is 1.26 bits per heavy atom. The predicted octanol–water partition coefficient (Wildman–Crippen LogP) is 0.966. The van der Waals surface area contributed by atoms with Crippen LogP contribution in [0.3, 0.4) is 0 Å². The summed E-state index contributed by atoms with van der Waals surface area (Å²) < 4.78 is 5.14. The molecule has 0 aliphatic heterocycles. The molecule has 0 saturated heterocycles. The van der Waals surface area contributed by atoms with Crippen LogP contribution in [0.5, 0.6) is 0 Å². The average molecular weight is 331 g/mol. The van der Waals surface area contributed by atoms with Crippen molar-refractivity contribution < 1.29 is 14.3 Å². The third-order valence-corrected chi connectivity index (χ3v) is 2.47. The molecule has 0 spiro atoms. The van der Waals surface area contributed by atoms with Crippen LogP contribution in [0.15, 0.2) is 4.99 Å². The smallest absolute Gasteiger partial charge is 0.408 e. The van der Waals surface area contributed by atoms with Gasteiger partial charge in [-0.3, -0.25) is 9.79 Å². The lowest BCUT2D eigenvalue weighted by Gasteiger charge is -2.23. The number of likely N-dealkylation sites (N-methyl/N-ethyl adjacent to an activating group) is 1. The molecule has 0 aromatic carbocycles. The molecule has 0 aliphatic carbocycles. The minimum Gasteiger partial charge on any atom is -0.444 e. The topological polar surface area (TPSA) is 118 Å². The molecule has 136 valence electrons.